The summed E-state index contributed by atoms with van der Waals surface area (Å²) >= 11 is 4.76. The van der Waals surface area contributed by atoms with Crippen molar-refractivity contribution in [2.45, 2.75) is 18.4 Å². The number of rotatable bonds is 4. The Morgan fingerprint density at radius 2 is 1.95 bits per heavy atom. The molecule has 0 saturated carbocycles. The van der Waals surface area contributed by atoms with Gasteiger partial charge in [0.05, 0.1) is 16.1 Å². The average Bonchev–Trinajstić information content (AvgIpc) is 2.75. The second kappa shape index (κ2) is 5.70. The number of thiazole rings is 1. The Balaban J connectivity index is 2.24. The van der Waals surface area contributed by atoms with Gasteiger partial charge in [0, 0.05) is 22.9 Å². The quantitative estimate of drug-likeness (QED) is 0.841. The summed E-state index contributed by atoms with van der Waals surface area (Å²) in [6, 6.07) is 6.63. The minimum atomic E-state index is -3.46. The number of aryl methyl sites for hydroxylation is 1. The van der Waals surface area contributed by atoms with Crippen LogP contribution in [-0.4, -0.2) is 24.8 Å². The molecule has 0 N–H and O–H groups in total. The second-order valence-electron chi connectivity index (χ2n) is 4.08. The summed E-state index contributed by atoms with van der Waals surface area (Å²) in [5.41, 5.74) is 2.60. The molecule has 0 amide bonds. The SMILES string of the molecule is Cc1ncsc1CN(C)S(=O)(=O)c1ccc(Br)cc1. The molecule has 0 bridgehead atoms. The van der Waals surface area contributed by atoms with Gasteiger partial charge in [-0.1, -0.05) is 15.9 Å². The summed E-state index contributed by atoms with van der Waals surface area (Å²) in [5.74, 6) is 0. The highest BCUT2D eigenvalue weighted by atomic mass is 79.9. The molecule has 0 aliphatic carbocycles. The molecule has 7 heteroatoms. The lowest BCUT2D eigenvalue weighted by Crippen LogP contribution is -2.26. The zero-order chi connectivity index (χ0) is 14.0. The summed E-state index contributed by atoms with van der Waals surface area (Å²) in [5, 5.41) is 0. The van der Waals surface area contributed by atoms with Crippen LogP contribution >= 0.6 is 27.3 Å². The third-order valence-corrected chi connectivity index (χ3v) is 6.00. The summed E-state index contributed by atoms with van der Waals surface area (Å²) < 4.78 is 26.9. The standard InChI is InChI=1S/C12H13BrN2O2S2/c1-9-12(18-8-14-9)7-15(2)19(16,17)11-5-3-10(13)4-6-11/h3-6,8H,7H2,1-2H3. The van der Waals surface area contributed by atoms with Gasteiger partial charge in [-0.3, -0.25) is 0 Å². The molecule has 1 aromatic carbocycles. The minimum absolute atomic E-state index is 0.292. The lowest BCUT2D eigenvalue weighted by Gasteiger charge is -2.16. The summed E-state index contributed by atoms with van der Waals surface area (Å²) in [4.78, 5) is 5.38. The first-order chi connectivity index (χ1) is 8.91. The molecule has 0 fully saturated rings. The molecule has 2 rings (SSSR count). The van der Waals surface area contributed by atoms with Crippen LogP contribution in [-0.2, 0) is 16.6 Å². The Hall–Kier alpha value is -0.760. The van der Waals surface area contributed by atoms with Gasteiger partial charge < -0.3 is 0 Å². The molecular weight excluding hydrogens is 348 g/mol. The minimum Gasteiger partial charge on any atom is -0.250 e. The number of nitrogens with zero attached hydrogens (tertiary/aromatic N) is 2. The molecule has 0 aliphatic heterocycles. The normalized spacial score (nSPS) is 12.0. The number of benzene rings is 1. The van der Waals surface area contributed by atoms with E-state index >= 15 is 0 Å². The third-order valence-electron chi connectivity index (χ3n) is 2.73. The smallest absolute Gasteiger partial charge is 0.243 e. The van der Waals surface area contributed by atoms with Gasteiger partial charge in [-0.05, 0) is 31.2 Å². The molecule has 0 atom stereocenters. The van der Waals surface area contributed by atoms with Crippen LogP contribution in [0, 0.1) is 6.92 Å². The maximum Gasteiger partial charge on any atom is 0.243 e. The highest BCUT2D eigenvalue weighted by molar-refractivity contribution is 9.10. The predicted molar refractivity (Wildman–Crippen MR) is 79.6 cm³/mol. The third kappa shape index (κ3) is 3.22. The Labute approximate surface area is 125 Å². The monoisotopic (exact) mass is 360 g/mol. The molecule has 0 spiro atoms. The van der Waals surface area contributed by atoms with Gasteiger partial charge in [-0.25, -0.2) is 13.4 Å². The van der Waals surface area contributed by atoms with E-state index in [9.17, 15) is 8.42 Å². The first-order valence-electron chi connectivity index (χ1n) is 5.52. The maximum atomic E-state index is 12.4. The molecule has 2 aromatic rings. The lowest BCUT2D eigenvalue weighted by molar-refractivity contribution is 0.468. The van der Waals surface area contributed by atoms with E-state index in [0.29, 0.717) is 11.4 Å². The van der Waals surface area contributed by atoms with E-state index in [-0.39, 0.29) is 0 Å². The molecule has 0 aliphatic rings. The van der Waals surface area contributed by atoms with Crippen molar-refractivity contribution < 1.29 is 8.42 Å². The lowest BCUT2D eigenvalue weighted by atomic mass is 10.4. The van der Waals surface area contributed by atoms with E-state index in [1.807, 2.05) is 6.92 Å². The van der Waals surface area contributed by atoms with Crippen molar-refractivity contribution >= 4 is 37.3 Å². The molecule has 1 aromatic heterocycles. The zero-order valence-corrected chi connectivity index (χ0v) is 13.7. The Kier molecular flexibility index (Phi) is 4.39. The van der Waals surface area contributed by atoms with Crippen LogP contribution in [0.5, 0.6) is 0 Å². The van der Waals surface area contributed by atoms with Crippen LogP contribution in [0.15, 0.2) is 39.1 Å². The van der Waals surface area contributed by atoms with Crippen molar-refractivity contribution in [1.29, 1.82) is 0 Å². The topological polar surface area (TPSA) is 50.3 Å². The van der Waals surface area contributed by atoms with E-state index in [4.69, 9.17) is 0 Å². The zero-order valence-electron chi connectivity index (χ0n) is 10.5. The summed E-state index contributed by atoms with van der Waals surface area (Å²) in [7, 11) is -1.88. The van der Waals surface area contributed by atoms with Crippen molar-refractivity contribution in [3.63, 3.8) is 0 Å². The largest absolute Gasteiger partial charge is 0.250 e. The van der Waals surface area contributed by atoms with Gasteiger partial charge in [-0.15, -0.1) is 11.3 Å². The van der Waals surface area contributed by atoms with Crippen molar-refractivity contribution in [2.24, 2.45) is 0 Å². The van der Waals surface area contributed by atoms with E-state index in [1.165, 1.54) is 15.6 Å². The van der Waals surface area contributed by atoms with E-state index in [1.54, 1.807) is 36.8 Å². The van der Waals surface area contributed by atoms with Crippen molar-refractivity contribution in [3.8, 4) is 0 Å². The van der Waals surface area contributed by atoms with Gasteiger partial charge >= 0.3 is 0 Å². The molecule has 1 heterocycles. The number of halogens is 1. The van der Waals surface area contributed by atoms with E-state index in [2.05, 4.69) is 20.9 Å². The average molecular weight is 361 g/mol. The van der Waals surface area contributed by atoms with Crippen LogP contribution in [0.3, 0.4) is 0 Å². The van der Waals surface area contributed by atoms with E-state index in [0.717, 1.165) is 15.0 Å². The first kappa shape index (κ1) is 14.6. The second-order valence-corrected chi connectivity index (χ2v) is 7.98. The van der Waals surface area contributed by atoms with Gasteiger partial charge in [0.2, 0.25) is 10.0 Å². The van der Waals surface area contributed by atoms with E-state index < -0.39 is 10.0 Å². The van der Waals surface area contributed by atoms with Gasteiger partial charge in [0.15, 0.2) is 0 Å². The molecule has 19 heavy (non-hydrogen) atoms. The van der Waals surface area contributed by atoms with Crippen LogP contribution in [0.1, 0.15) is 10.6 Å². The maximum absolute atomic E-state index is 12.4. The fourth-order valence-corrected chi connectivity index (χ4v) is 3.87. The van der Waals surface area contributed by atoms with Crippen molar-refractivity contribution in [1.82, 2.24) is 9.29 Å². The van der Waals surface area contributed by atoms with Gasteiger partial charge in [0.1, 0.15) is 0 Å². The molecule has 0 saturated heterocycles. The Morgan fingerprint density at radius 1 is 1.32 bits per heavy atom. The number of hydrogen-bond acceptors (Lipinski definition) is 4. The summed E-state index contributed by atoms with van der Waals surface area (Å²) in [6.45, 7) is 2.22. The molecule has 102 valence electrons. The fraction of sp³-hybridized carbons (Fsp3) is 0.250. The fourth-order valence-electron chi connectivity index (χ4n) is 1.55. The number of aromatic nitrogens is 1. The Bertz CT molecular complexity index is 665. The van der Waals surface area contributed by atoms with Crippen molar-refractivity contribution in [3.05, 3.63) is 44.8 Å². The molecule has 0 unspecified atom stereocenters. The van der Waals surface area contributed by atoms with Gasteiger partial charge in [0.25, 0.3) is 0 Å². The first-order valence-corrected chi connectivity index (χ1v) is 8.63. The highest BCUT2D eigenvalue weighted by Gasteiger charge is 2.21. The number of sulfonamides is 1. The summed E-state index contributed by atoms with van der Waals surface area (Å²) in [6.07, 6.45) is 0. The van der Waals surface area contributed by atoms with Crippen LogP contribution in [0.2, 0.25) is 0 Å². The highest BCUT2D eigenvalue weighted by Crippen LogP contribution is 2.21. The Morgan fingerprint density at radius 3 is 2.47 bits per heavy atom. The molecular formula is C12H13BrN2O2S2. The van der Waals surface area contributed by atoms with Crippen LogP contribution in [0.25, 0.3) is 0 Å². The molecule has 0 radical (unpaired) electrons. The van der Waals surface area contributed by atoms with Crippen LogP contribution in [0.4, 0.5) is 0 Å². The number of hydrogen-bond donors (Lipinski definition) is 0. The van der Waals surface area contributed by atoms with Crippen LogP contribution < -0.4 is 0 Å². The van der Waals surface area contributed by atoms with Crippen molar-refractivity contribution in [2.75, 3.05) is 7.05 Å². The molecule has 4 nitrogen and oxygen atoms in total. The van der Waals surface area contributed by atoms with Gasteiger partial charge in [-0.2, -0.15) is 4.31 Å². The predicted octanol–water partition coefficient (Wildman–Crippen LogP) is 3.03.